The van der Waals surface area contributed by atoms with Gasteiger partial charge in [0.1, 0.15) is 6.61 Å². The van der Waals surface area contributed by atoms with Crippen molar-refractivity contribution in [3.05, 3.63) is 29.8 Å². The number of likely N-dealkylation sites (N-methyl/N-ethyl adjacent to an activating group) is 1. The van der Waals surface area contributed by atoms with Gasteiger partial charge in [0, 0.05) is 25.8 Å². The van der Waals surface area contributed by atoms with E-state index in [4.69, 9.17) is 4.74 Å². The van der Waals surface area contributed by atoms with Gasteiger partial charge in [0.2, 0.25) is 11.8 Å². The van der Waals surface area contributed by atoms with Gasteiger partial charge >= 0.3 is 0 Å². The van der Waals surface area contributed by atoms with Crippen LogP contribution in [-0.2, 0) is 20.7 Å². The van der Waals surface area contributed by atoms with E-state index in [2.05, 4.69) is 16.0 Å². The minimum Gasteiger partial charge on any atom is -0.363 e. The number of hydrogen-bond donors (Lipinski definition) is 3. The highest BCUT2D eigenvalue weighted by Crippen LogP contribution is 2.17. The Kier molecular flexibility index (Phi) is 4.93. The van der Waals surface area contributed by atoms with Crippen LogP contribution in [0.5, 0.6) is 0 Å². The van der Waals surface area contributed by atoms with E-state index < -0.39 is 0 Å². The number of ether oxygens (including phenoxy) is 1. The highest BCUT2D eigenvalue weighted by Gasteiger charge is 2.33. The molecule has 0 bridgehead atoms. The van der Waals surface area contributed by atoms with Crippen molar-refractivity contribution < 1.29 is 14.3 Å². The summed E-state index contributed by atoms with van der Waals surface area (Å²) in [5.74, 6) is -0.312. The largest absolute Gasteiger partial charge is 0.363 e. The van der Waals surface area contributed by atoms with Gasteiger partial charge in [-0.15, -0.1) is 0 Å². The molecule has 2 rings (SSSR count). The topological polar surface area (TPSA) is 79.5 Å². The maximum absolute atomic E-state index is 11.9. The zero-order valence-electron chi connectivity index (χ0n) is 12.4. The summed E-state index contributed by atoms with van der Waals surface area (Å²) in [5.41, 5.74) is 1.17. The van der Waals surface area contributed by atoms with Gasteiger partial charge in [0.05, 0.1) is 12.0 Å². The van der Waals surface area contributed by atoms with E-state index in [0.29, 0.717) is 5.69 Å². The van der Waals surface area contributed by atoms with Crippen LogP contribution in [0.25, 0.3) is 0 Å². The lowest BCUT2D eigenvalue weighted by molar-refractivity contribution is -0.130. The predicted molar refractivity (Wildman–Crippen MR) is 80.1 cm³/mol. The number of rotatable bonds is 6. The van der Waals surface area contributed by atoms with Crippen molar-refractivity contribution >= 4 is 17.5 Å². The number of para-hydroxylation sites is 1. The molecule has 0 unspecified atom stereocenters. The maximum atomic E-state index is 11.9. The van der Waals surface area contributed by atoms with Crippen molar-refractivity contribution in [2.45, 2.75) is 18.9 Å². The molecule has 0 aromatic heterocycles. The molecule has 1 aromatic carbocycles. The van der Waals surface area contributed by atoms with E-state index in [9.17, 15) is 9.59 Å². The summed E-state index contributed by atoms with van der Waals surface area (Å²) >= 11 is 0. The van der Waals surface area contributed by atoms with Gasteiger partial charge in [0.15, 0.2) is 0 Å². The molecule has 1 aromatic rings. The Bertz CT molecular complexity index is 527. The second-order valence-electron chi connectivity index (χ2n) is 5.40. The first-order chi connectivity index (χ1) is 10.0. The van der Waals surface area contributed by atoms with Crippen molar-refractivity contribution in [1.82, 2.24) is 10.6 Å². The number of benzene rings is 1. The van der Waals surface area contributed by atoms with Crippen molar-refractivity contribution in [3.8, 4) is 0 Å². The molecule has 1 aliphatic heterocycles. The van der Waals surface area contributed by atoms with E-state index in [1.54, 1.807) is 13.1 Å². The van der Waals surface area contributed by atoms with Gasteiger partial charge in [-0.25, -0.2) is 0 Å². The summed E-state index contributed by atoms with van der Waals surface area (Å²) in [6.07, 6.45) is 0.232. The molecular weight excluding hydrogens is 270 g/mol. The minimum atomic E-state index is -0.251. The molecule has 6 nitrogen and oxygen atoms in total. The van der Waals surface area contributed by atoms with Crippen LogP contribution in [0.15, 0.2) is 24.3 Å². The van der Waals surface area contributed by atoms with E-state index in [0.717, 1.165) is 18.7 Å². The van der Waals surface area contributed by atoms with Crippen LogP contribution < -0.4 is 16.0 Å². The molecule has 3 N–H and O–H groups in total. The number of nitrogens with one attached hydrogen (secondary N) is 3. The number of hydrogen-bond acceptors (Lipinski definition) is 4. The number of anilines is 1. The predicted octanol–water partition coefficient (Wildman–Crippen LogP) is 0.292. The van der Waals surface area contributed by atoms with Gasteiger partial charge in [-0.3, -0.25) is 9.59 Å². The summed E-state index contributed by atoms with van der Waals surface area (Å²) in [5, 5.41) is 8.48. The summed E-state index contributed by atoms with van der Waals surface area (Å²) in [7, 11) is 1.59. The van der Waals surface area contributed by atoms with E-state index in [1.807, 2.05) is 25.1 Å². The van der Waals surface area contributed by atoms with Crippen LogP contribution in [0, 0.1) is 0 Å². The Morgan fingerprint density at radius 2 is 2.00 bits per heavy atom. The second kappa shape index (κ2) is 6.69. The molecule has 6 heteroatoms. The van der Waals surface area contributed by atoms with Crippen LogP contribution in [-0.4, -0.2) is 44.2 Å². The minimum absolute atomic E-state index is 0.00644. The third kappa shape index (κ3) is 4.27. The van der Waals surface area contributed by atoms with Crippen LogP contribution in [0.3, 0.4) is 0 Å². The molecule has 0 aliphatic carbocycles. The fraction of sp³-hybridized carbons (Fsp3) is 0.467. The zero-order valence-corrected chi connectivity index (χ0v) is 12.4. The van der Waals surface area contributed by atoms with E-state index in [1.165, 1.54) is 0 Å². The Balaban J connectivity index is 1.92. The average molecular weight is 291 g/mol. The lowest BCUT2D eigenvalue weighted by Crippen LogP contribution is -2.59. The molecule has 1 aliphatic rings. The monoisotopic (exact) mass is 291 g/mol. The van der Waals surface area contributed by atoms with Crippen molar-refractivity contribution in [1.29, 1.82) is 0 Å². The molecule has 0 spiro atoms. The van der Waals surface area contributed by atoms with E-state index in [-0.39, 0.29) is 30.4 Å². The molecule has 1 fully saturated rings. The summed E-state index contributed by atoms with van der Waals surface area (Å²) < 4.78 is 5.59. The Hall–Kier alpha value is -1.92. The Morgan fingerprint density at radius 1 is 1.29 bits per heavy atom. The normalized spacial score (nSPS) is 15.9. The molecule has 0 radical (unpaired) electrons. The fourth-order valence-electron chi connectivity index (χ4n) is 2.06. The standard InChI is InChI=1S/C15H21N3O3/c1-15(9-17-10-15)21-8-14(20)18-12-6-4-3-5-11(12)7-13(19)16-2/h3-6,17H,7-10H2,1-2H3,(H,16,19)(H,18,20). The smallest absolute Gasteiger partial charge is 0.250 e. The van der Waals surface area contributed by atoms with Crippen LogP contribution in [0.1, 0.15) is 12.5 Å². The van der Waals surface area contributed by atoms with Crippen LogP contribution >= 0.6 is 0 Å². The van der Waals surface area contributed by atoms with E-state index >= 15 is 0 Å². The third-order valence-electron chi connectivity index (χ3n) is 3.47. The first-order valence-electron chi connectivity index (χ1n) is 6.95. The molecule has 0 saturated carbocycles. The Morgan fingerprint density at radius 3 is 2.62 bits per heavy atom. The molecule has 1 saturated heterocycles. The van der Waals surface area contributed by atoms with Gasteiger partial charge in [0.25, 0.3) is 0 Å². The summed E-state index contributed by atoms with van der Waals surface area (Å²) in [4.78, 5) is 23.4. The lowest BCUT2D eigenvalue weighted by atomic mass is 10.0. The number of carbonyl (C=O) groups excluding carboxylic acids is 2. The molecule has 1 heterocycles. The van der Waals surface area contributed by atoms with Crippen LogP contribution in [0.4, 0.5) is 5.69 Å². The first kappa shape index (κ1) is 15.5. The van der Waals surface area contributed by atoms with Crippen LogP contribution in [0.2, 0.25) is 0 Å². The average Bonchev–Trinajstić information content (AvgIpc) is 2.45. The summed E-state index contributed by atoms with van der Waals surface area (Å²) in [6.45, 7) is 3.49. The summed E-state index contributed by atoms with van der Waals surface area (Å²) in [6, 6.07) is 7.26. The van der Waals surface area contributed by atoms with Crippen molar-refractivity contribution in [2.75, 3.05) is 32.1 Å². The number of amides is 2. The zero-order chi connectivity index (χ0) is 15.3. The van der Waals surface area contributed by atoms with Gasteiger partial charge in [-0.2, -0.15) is 0 Å². The van der Waals surface area contributed by atoms with Crippen molar-refractivity contribution in [2.24, 2.45) is 0 Å². The van der Waals surface area contributed by atoms with Crippen molar-refractivity contribution in [3.63, 3.8) is 0 Å². The number of carbonyl (C=O) groups is 2. The van der Waals surface area contributed by atoms with Gasteiger partial charge in [-0.1, -0.05) is 18.2 Å². The van der Waals surface area contributed by atoms with Gasteiger partial charge < -0.3 is 20.7 Å². The quantitative estimate of drug-likeness (QED) is 0.704. The van der Waals surface area contributed by atoms with Gasteiger partial charge in [-0.05, 0) is 18.6 Å². The molecular formula is C15H21N3O3. The third-order valence-corrected chi connectivity index (χ3v) is 3.47. The first-order valence-corrected chi connectivity index (χ1v) is 6.95. The fourth-order valence-corrected chi connectivity index (χ4v) is 2.06. The maximum Gasteiger partial charge on any atom is 0.250 e. The molecule has 0 atom stereocenters. The SMILES string of the molecule is CNC(=O)Cc1ccccc1NC(=O)COC1(C)CNC1. The molecule has 21 heavy (non-hydrogen) atoms. The highest BCUT2D eigenvalue weighted by molar-refractivity contribution is 5.93. The molecule has 2 amide bonds. The lowest BCUT2D eigenvalue weighted by Gasteiger charge is -2.38. The highest BCUT2D eigenvalue weighted by atomic mass is 16.5. The Labute approximate surface area is 124 Å². The second-order valence-corrected chi connectivity index (χ2v) is 5.40. The molecule has 114 valence electrons.